The lowest BCUT2D eigenvalue weighted by atomic mass is 9.99. The Bertz CT molecular complexity index is 937. The van der Waals surface area contributed by atoms with Crippen LogP contribution < -0.4 is 9.62 Å². The third kappa shape index (κ3) is 5.13. The van der Waals surface area contributed by atoms with Gasteiger partial charge in [0.25, 0.3) is 0 Å². The SMILES string of the molecule is CC[C@@H](C(=O)N[C@@H](C)c1cc(C)ccc1C)N(c1ccc(C)cc1)S(C)(=O)=O. The number of nitrogens with one attached hydrogen (secondary N) is 1. The van der Waals surface area contributed by atoms with Crippen molar-refractivity contribution in [1.29, 1.82) is 0 Å². The molecule has 0 aliphatic carbocycles. The summed E-state index contributed by atoms with van der Waals surface area (Å²) in [6.45, 7) is 9.69. The van der Waals surface area contributed by atoms with Gasteiger partial charge in [0, 0.05) is 0 Å². The molecule has 0 saturated carbocycles. The Balaban J connectivity index is 2.33. The minimum absolute atomic E-state index is 0.221. The number of nitrogens with zero attached hydrogens (tertiary/aromatic N) is 1. The monoisotopic (exact) mass is 402 g/mol. The van der Waals surface area contributed by atoms with E-state index < -0.39 is 16.1 Å². The number of amides is 1. The molecule has 0 unspecified atom stereocenters. The van der Waals surface area contributed by atoms with Crippen LogP contribution in [-0.4, -0.2) is 26.6 Å². The van der Waals surface area contributed by atoms with E-state index >= 15 is 0 Å². The van der Waals surface area contributed by atoms with Gasteiger partial charge >= 0.3 is 0 Å². The lowest BCUT2D eigenvalue weighted by molar-refractivity contribution is -0.122. The zero-order chi connectivity index (χ0) is 21.1. The van der Waals surface area contributed by atoms with Crippen LogP contribution in [-0.2, 0) is 14.8 Å². The second kappa shape index (κ2) is 8.78. The summed E-state index contributed by atoms with van der Waals surface area (Å²) < 4.78 is 26.3. The van der Waals surface area contributed by atoms with E-state index in [4.69, 9.17) is 0 Å². The van der Waals surface area contributed by atoms with Gasteiger partial charge in [-0.05, 0) is 57.4 Å². The van der Waals surface area contributed by atoms with Crippen LogP contribution in [0, 0.1) is 20.8 Å². The van der Waals surface area contributed by atoms with Crippen LogP contribution in [0.4, 0.5) is 5.69 Å². The van der Waals surface area contributed by atoms with Crippen LogP contribution in [0.2, 0.25) is 0 Å². The molecule has 0 radical (unpaired) electrons. The van der Waals surface area contributed by atoms with Crippen LogP contribution >= 0.6 is 0 Å². The average Bonchev–Trinajstić information content (AvgIpc) is 2.61. The molecule has 0 bridgehead atoms. The summed E-state index contributed by atoms with van der Waals surface area (Å²) in [6.07, 6.45) is 1.50. The Morgan fingerprint density at radius 3 is 2.14 bits per heavy atom. The highest BCUT2D eigenvalue weighted by molar-refractivity contribution is 7.92. The zero-order valence-corrected chi connectivity index (χ0v) is 18.3. The van der Waals surface area contributed by atoms with Gasteiger partial charge in [0.2, 0.25) is 15.9 Å². The second-order valence-corrected chi connectivity index (χ2v) is 9.27. The van der Waals surface area contributed by atoms with Gasteiger partial charge in [0.15, 0.2) is 0 Å². The van der Waals surface area contributed by atoms with Gasteiger partial charge in [-0.2, -0.15) is 0 Å². The highest BCUT2D eigenvalue weighted by atomic mass is 32.2. The Labute approximate surface area is 168 Å². The van der Waals surface area contributed by atoms with Gasteiger partial charge in [-0.1, -0.05) is 48.4 Å². The van der Waals surface area contributed by atoms with Gasteiger partial charge in [-0.15, -0.1) is 0 Å². The molecule has 1 amide bonds. The van der Waals surface area contributed by atoms with Gasteiger partial charge < -0.3 is 5.32 Å². The fourth-order valence-corrected chi connectivity index (χ4v) is 4.58. The maximum Gasteiger partial charge on any atom is 0.244 e. The van der Waals surface area contributed by atoms with E-state index in [2.05, 4.69) is 11.4 Å². The molecular formula is C22H30N2O3S. The van der Waals surface area contributed by atoms with Crippen molar-refractivity contribution in [1.82, 2.24) is 5.32 Å². The molecule has 152 valence electrons. The number of anilines is 1. The topological polar surface area (TPSA) is 66.5 Å². The molecule has 0 aliphatic heterocycles. The number of aryl methyl sites for hydroxylation is 3. The quantitative estimate of drug-likeness (QED) is 0.760. The van der Waals surface area contributed by atoms with Gasteiger partial charge in [-0.3, -0.25) is 9.10 Å². The molecule has 0 aliphatic rings. The molecule has 0 heterocycles. The number of carbonyl (C=O) groups is 1. The highest BCUT2D eigenvalue weighted by Gasteiger charge is 2.32. The van der Waals surface area contributed by atoms with Crippen molar-refractivity contribution in [2.24, 2.45) is 0 Å². The normalized spacial score (nSPS) is 13.6. The summed E-state index contributed by atoms with van der Waals surface area (Å²) in [5.41, 5.74) is 4.76. The fraction of sp³-hybridized carbons (Fsp3) is 0.409. The number of sulfonamides is 1. The third-order valence-electron chi connectivity index (χ3n) is 4.88. The van der Waals surface area contributed by atoms with E-state index in [0.717, 1.165) is 28.5 Å². The van der Waals surface area contributed by atoms with Gasteiger partial charge in [0.1, 0.15) is 6.04 Å². The van der Waals surface area contributed by atoms with Crippen molar-refractivity contribution in [3.8, 4) is 0 Å². The maximum atomic E-state index is 13.1. The second-order valence-electron chi connectivity index (χ2n) is 7.41. The molecule has 0 saturated heterocycles. The summed E-state index contributed by atoms with van der Waals surface area (Å²) in [5.74, 6) is -0.304. The maximum absolute atomic E-state index is 13.1. The summed E-state index contributed by atoms with van der Waals surface area (Å²) >= 11 is 0. The summed E-state index contributed by atoms with van der Waals surface area (Å²) in [4.78, 5) is 13.1. The van der Waals surface area contributed by atoms with Crippen molar-refractivity contribution >= 4 is 21.6 Å². The first-order valence-corrected chi connectivity index (χ1v) is 11.3. The fourth-order valence-electron chi connectivity index (χ4n) is 3.37. The van der Waals surface area contributed by atoms with Crippen LogP contribution in [0.15, 0.2) is 42.5 Å². The predicted molar refractivity (Wildman–Crippen MR) is 115 cm³/mol. The standard InChI is InChI=1S/C22H30N2O3S/c1-7-21(24(28(6,26)27)19-12-9-15(2)10-13-19)22(25)23-18(5)20-14-16(3)8-11-17(20)4/h8-14,18,21H,7H2,1-6H3,(H,23,25)/t18-,21-/m0/s1. The molecule has 2 aromatic carbocycles. The average molecular weight is 403 g/mol. The van der Waals surface area contributed by atoms with Crippen LogP contribution in [0.1, 0.15) is 48.6 Å². The first-order valence-electron chi connectivity index (χ1n) is 9.48. The molecule has 28 heavy (non-hydrogen) atoms. The van der Waals surface area contributed by atoms with E-state index in [9.17, 15) is 13.2 Å². The number of rotatable bonds is 7. The lowest BCUT2D eigenvalue weighted by Crippen LogP contribution is -2.49. The van der Waals surface area contributed by atoms with E-state index in [1.807, 2.05) is 58.9 Å². The molecule has 0 fully saturated rings. The molecule has 2 rings (SSSR count). The Morgan fingerprint density at radius 1 is 1.04 bits per heavy atom. The minimum Gasteiger partial charge on any atom is -0.348 e. The number of benzene rings is 2. The highest BCUT2D eigenvalue weighted by Crippen LogP contribution is 2.24. The molecule has 1 N–H and O–H groups in total. The molecular weight excluding hydrogens is 372 g/mol. The molecule has 2 aromatic rings. The lowest BCUT2D eigenvalue weighted by Gasteiger charge is -2.31. The molecule has 5 nitrogen and oxygen atoms in total. The van der Waals surface area contributed by atoms with Gasteiger partial charge in [0.05, 0.1) is 18.0 Å². The van der Waals surface area contributed by atoms with E-state index in [0.29, 0.717) is 12.1 Å². The van der Waals surface area contributed by atoms with Gasteiger partial charge in [-0.25, -0.2) is 8.42 Å². The number of carbonyl (C=O) groups excluding carboxylic acids is 1. The summed E-state index contributed by atoms with van der Waals surface area (Å²) in [7, 11) is -3.63. The van der Waals surface area contributed by atoms with Crippen LogP contribution in [0.5, 0.6) is 0 Å². The largest absolute Gasteiger partial charge is 0.348 e. The third-order valence-corrected chi connectivity index (χ3v) is 6.06. The minimum atomic E-state index is -3.63. The van der Waals surface area contributed by atoms with E-state index in [1.165, 1.54) is 4.31 Å². The molecule has 0 spiro atoms. The van der Waals surface area contributed by atoms with E-state index in [-0.39, 0.29) is 11.9 Å². The van der Waals surface area contributed by atoms with Crippen molar-refractivity contribution in [3.05, 3.63) is 64.7 Å². The molecule has 2 atom stereocenters. The summed E-state index contributed by atoms with van der Waals surface area (Å²) in [5, 5.41) is 3.00. The van der Waals surface area contributed by atoms with E-state index in [1.54, 1.807) is 12.1 Å². The first-order chi connectivity index (χ1) is 13.0. The first kappa shape index (κ1) is 22.0. The number of hydrogen-bond donors (Lipinski definition) is 1. The Morgan fingerprint density at radius 2 is 1.61 bits per heavy atom. The van der Waals surface area contributed by atoms with Crippen molar-refractivity contribution in [3.63, 3.8) is 0 Å². The van der Waals surface area contributed by atoms with Crippen LogP contribution in [0.25, 0.3) is 0 Å². The molecule has 0 aromatic heterocycles. The van der Waals surface area contributed by atoms with Crippen molar-refractivity contribution in [2.45, 2.75) is 53.1 Å². The van der Waals surface area contributed by atoms with Crippen molar-refractivity contribution in [2.75, 3.05) is 10.6 Å². The summed E-state index contributed by atoms with van der Waals surface area (Å²) in [6, 6.07) is 12.2. The molecule has 6 heteroatoms. The number of hydrogen-bond acceptors (Lipinski definition) is 3. The predicted octanol–water partition coefficient (Wildman–Crippen LogP) is 4.03. The smallest absolute Gasteiger partial charge is 0.244 e. The van der Waals surface area contributed by atoms with Crippen molar-refractivity contribution < 1.29 is 13.2 Å². The zero-order valence-electron chi connectivity index (χ0n) is 17.5. The Hall–Kier alpha value is -2.34. The van der Waals surface area contributed by atoms with Crippen LogP contribution in [0.3, 0.4) is 0 Å². The Kier molecular flexibility index (Phi) is 6.88.